The Balaban J connectivity index is 2.00. The molecule has 2 aliphatic heterocycles. The minimum absolute atomic E-state index is 0.0238. The fourth-order valence-electron chi connectivity index (χ4n) is 2.99. The Morgan fingerprint density at radius 3 is 2.76 bits per heavy atom. The Bertz CT molecular complexity index is 378. The Kier molecular flexibility index (Phi) is 6.66. The maximum Gasteiger partial charge on any atom is 0.163 e. The molecule has 2 saturated heterocycles. The van der Waals surface area contributed by atoms with E-state index < -0.39 is 0 Å². The van der Waals surface area contributed by atoms with E-state index in [9.17, 15) is 4.79 Å². The molecule has 2 aliphatic rings. The monoisotopic (exact) mass is 330 g/mol. The highest BCUT2D eigenvalue weighted by Gasteiger charge is 2.45. The van der Waals surface area contributed by atoms with Crippen molar-refractivity contribution in [2.45, 2.75) is 56.0 Å². The SMILES string of the molecule is CO[C@@H](C[C@@H]1CC[C@@H](C)C2(O1)SCCCS2)/C(C)=C/C=O. The van der Waals surface area contributed by atoms with Gasteiger partial charge in [0.1, 0.15) is 6.29 Å². The van der Waals surface area contributed by atoms with Crippen molar-refractivity contribution in [1.82, 2.24) is 0 Å². The van der Waals surface area contributed by atoms with Crippen LogP contribution in [0.2, 0.25) is 0 Å². The predicted molar refractivity (Wildman–Crippen MR) is 90.8 cm³/mol. The van der Waals surface area contributed by atoms with Gasteiger partial charge >= 0.3 is 0 Å². The molecule has 0 unspecified atom stereocenters. The Morgan fingerprint density at radius 2 is 2.14 bits per heavy atom. The lowest BCUT2D eigenvalue weighted by Gasteiger charge is -2.47. The number of thioether (sulfide) groups is 2. The number of methoxy groups -OCH3 is 1. The molecule has 2 rings (SSSR count). The Labute approximate surface area is 136 Å². The molecule has 0 N–H and O–H groups in total. The van der Waals surface area contributed by atoms with Gasteiger partial charge in [-0.05, 0) is 49.3 Å². The highest BCUT2D eigenvalue weighted by Crippen LogP contribution is 2.53. The van der Waals surface area contributed by atoms with Crippen LogP contribution in [0.3, 0.4) is 0 Å². The van der Waals surface area contributed by atoms with E-state index in [1.165, 1.54) is 24.3 Å². The minimum Gasteiger partial charge on any atom is -0.377 e. The molecule has 3 nitrogen and oxygen atoms in total. The Morgan fingerprint density at radius 1 is 1.43 bits per heavy atom. The fourth-order valence-corrected chi connectivity index (χ4v) is 6.36. The molecule has 0 saturated carbocycles. The lowest BCUT2D eigenvalue weighted by molar-refractivity contribution is -0.104. The molecule has 5 heteroatoms. The molecular weight excluding hydrogens is 304 g/mol. The second kappa shape index (κ2) is 8.04. The van der Waals surface area contributed by atoms with Crippen LogP contribution in [0.1, 0.15) is 39.5 Å². The first-order chi connectivity index (χ1) is 10.1. The fraction of sp³-hybridized carbons (Fsp3) is 0.812. The van der Waals surface area contributed by atoms with E-state index in [0.29, 0.717) is 5.92 Å². The van der Waals surface area contributed by atoms with E-state index in [1.54, 1.807) is 13.2 Å². The van der Waals surface area contributed by atoms with Crippen LogP contribution in [0.5, 0.6) is 0 Å². The van der Waals surface area contributed by atoms with Gasteiger partial charge in [0.2, 0.25) is 0 Å². The van der Waals surface area contributed by atoms with Gasteiger partial charge in [-0.15, -0.1) is 23.5 Å². The summed E-state index contributed by atoms with van der Waals surface area (Å²) in [6, 6.07) is 0. The molecule has 0 aromatic carbocycles. The highest BCUT2D eigenvalue weighted by atomic mass is 32.2. The summed E-state index contributed by atoms with van der Waals surface area (Å²) in [6.07, 6.45) is 7.03. The summed E-state index contributed by atoms with van der Waals surface area (Å²) >= 11 is 3.96. The first-order valence-electron chi connectivity index (χ1n) is 7.71. The lowest BCUT2D eigenvalue weighted by atomic mass is 9.94. The van der Waals surface area contributed by atoms with Crippen LogP contribution in [0.4, 0.5) is 0 Å². The van der Waals surface area contributed by atoms with Gasteiger partial charge in [0, 0.05) is 19.4 Å². The number of carbonyl (C=O) groups excluding carboxylic acids is 1. The molecule has 21 heavy (non-hydrogen) atoms. The third-order valence-electron chi connectivity index (χ3n) is 4.35. The van der Waals surface area contributed by atoms with Crippen molar-refractivity contribution in [3.63, 3.8) is 0 Å². The topological polar surface area (TPSA) is 35.5 Å². The van der Waals surface area contributed by atoms with Crippen LogP contribution in [0, 0.1) is 5.92 Å². The van der Waals surface area contributed by atoms with Crippen LogP contribution in [-0.2, 0) is 14.3 Å². The van der Waals surface area contributed by atoms with Crippen molar-refractivity contribution in [2.24, 2.45) is 5.92 Å². The number of hydrogen-bond donors (Lipinski definition) is 0. The first kappa shape index (κ1) is 17.4. The van der Waals surface area contributed by atoms with Crippen LogP contribution < -0.4 is 0 Å². The molecule has 1 spiro atoms. The molecule has 2 fully saturated rings. The van der Waals surface area contributed by atoms with E-state index in [4.69, 9.17) is 9.47 Å². The number of carbonyl (C=O) groups is 1. The quantitative estimate of drug-likeness (QED) is 0.565. The highest BCUT2D eigenvalue weighted by molar-refractivity contribution is 8.18. The number of ether oxygens (including phenoxy) is 2. The van der Waals surface area contributed by atoms with Crippen LogP contribution in [0.15, 0.2) is 11.6 Å². The molecule has 0 radical (unpaired) electrons. The molecule has 0 amide bonds. The van der Waals surface area contributed by atoms with Crippen molar-refractivity contribution >= 4 is 29.8 Å². The smallest absolute Gasteiger partial charge is 0.163 e. The molecule has 0 aromatic rings. The molecule has 120 valence electrons. The van der Waals surface area contributed by atoms with E-state index in [1.807, 2.05) is 30.4 Å². The minimum atomic E-state index is -0.0538. The van der Waals surface area contributed by atoms with Crippen molar-refractivity contribution in [3.05, 3.63) is 11.6 Å². The summed E-state index contributed by atoms with van der Waals surface area (Å²) in [7, 11) is 1.71. The summed E-state index contributed by atoms with van der Waals surface area (Å²) in [4.78, 5) is 10.6. The standard InChI is InChI=1S/C16H26O3S2/c1-12(7-8-17)15(18-3)11-14-6-5-13(2)16(19-14)20-9-4-10-21-16/h7-8,13-15H,4-6,9-11H2,1-3H3/b12-7+/t13-,14+,15+/m1/s1. The van der Waals surface area contributed by atoms with Gasteiger partial charge < -0.3 is 9.47 Å². The van der Waals surface area contributed by atoms with Gasteiger partial charge in [-0.3, -0.25) is 4.79 Å². The van der Waals surface area contributed by atoms with E-state index in [0.717, 1.165) is 24.7 Å². The summed E-state index contributed by atoms with van der Waals surface area (Å²) in [5.74, 6) is 2.99. The number of rotatable bonds is 5. The van der Waals surface area contributed by atoms with Gasteiger partial charge in [-0.25, -0.2) is 0 Å². The van der Waals surface area contributed by atoms with Crippen molar-refractivity contribution in [3.8, 4) is 0 Å². The average molecular weight is 331 g/mol. The predicted octanol–water partition coefficient (Wildman–Crippen LogP) is 3.88. The van der Waals surface area contributed by atoms with Crippen LogP contribution in [0.25, 0.3) is 0 Å². The van der Waals surface area contributed by atoms with Crippen molar-refractivity contribution < 1.29 is 14.3 Å². The van der Waals surface area contributed by atoms with Crippen molar-refractivity contribution in [2.75, 3.05) is 18.6 Å². The number of hydrogen-bond acceptors (Lipinski definition) is 5. The Hall–Kier alpha value is 0.0300. The first-order valence-corrected chi connectivity index (χ1v) is 9.69. The lowest BCUT2D eigenvalue weighted by Crippen LogP contribution is -2.44. The van der Waals surface area contributed by atoms with Crippen LogP contribution in [-0.4, -0.2) is 41.4 Å². The van der Waals surface area contributed by atoms with E-state index in [-0.39, 0.29) is 16.5 Å². The number of aldehydes is 1. The largest absolute Gasteiger partial charge is 0.377 e. The normalized spacial score (nSPS) is 31.1. The summed E-state index contributed by atoms with van der Waals surface area (Å²) in [5.41, 5.74) is 0.979. The van der Waals surface area contributed by atoms with E-state index in [2.05, 4.69) is 6.92 Å². The summed E-state index contributed by atoms with van der Waals surface area (Å²) in [5, 5.41) is 0. The van der Waals surface area contributed by atoms with Gasteiger partial charge in [0.25, 0.3) is 0 Å². The molecule has 2 heterocycles. The van der Waals surface area contributed by atoms with Gasteiger partial charge in [-0.2, -0.15) is 0 Å². The van der Waals surface area contributed by atoms with E-state index >= 15 is 0 Å². The zero-order valence-electron chi connectivity index (χ0n) is 13.2. The second-order valence-electron chi connectivity index (χ2n) is 5.88. The maximum absolute atomic E-state index is 10.6. The number of allylic oxidation sites excluding steroid dienone is 1. The molecule has 0 bridgehead atoms. The van der Waals surface area contributed by atoms with Gasteiger partial charge in [0.15, 0.2) is 4.27 Å². The van der Waals surface area contributed by atoms with Gasteiger partial charge in [0.05, 0.1) is 12.2 Å². The maximum atomic E-state index is 10.6. The molecular formula is C16H26O3S2. The average Bonchev–Trinajstić information content (AvgIpc) is 2.49. The molecule has 3 atom stereocenters. The van der Waals surface area contributed by atoms with Crippen molar-refractivity contribution in [1.29, 1.82) is 0 Å². The third-order valence-corrected chi connectivity index (χ3v) is 7.85. The summed E-state index contributed by atoms with van der Waals surface area (Å²) in [6.45, 7) is 4.26. The van der Waals surface area contributed by atoms with Gasteiger partial charge in [-0.1, -0.05) is 6.92 Å². The third kappa shape index (κ3) is 4.27. The van der Waals surface area contributed by atoms with Crippen LogP contribution >= 0.6 is 23.5 Å². The zero-order valence-corrected chi connectivity index (χ0v) is 14.8. The molecule has 0 aromatic heterocycles. The zero-order chi connectivity index (χ0) is 15.3. The second-order valence-corrected chi connectivity index (χ2v) is 8.74. The molecule has 0 aliphatic carbocycles. The summed E-state index contributed by atoms with van der Waals surface area (Å²) < 4.78 is 12.0.